The second-order valence-electron chi connectivity index (χ2n) is 6.11. The lowest BCUT2D eigenvalue weighted by Crippen LogP contribution is -2.21. The summed E-state index contributed by atoms with van der Waals surface area (Å²) in [5, 5.41) is 11.9. The van der Waals surface area contributed by atoms with Crippen LogP contribution in [0.3, 0.4) is 0 Å². The summed E-state index contributed by atoms with van der Waals surface area (Å²) in [6.45, 7) is 1.23. The van der Waals surface area contributed by atoms with Crippen LogP contribution in [0.1, 0.15) is 17.7 Å². The van der Waals surface area contributed by atoms with Crippen molar-refractivity contribution in [2.45, 2.75) is 19.4 Å². The number of carbonyl (C=O) groups is 1. The molecule has 1 aliphatic carbocycles. The summed E-state index contributed by atoms with van der Waals surface area (Å²) >= 11 is 1.19. The van der Waals surface area contributed by atoms with Crippen molar-refractivity contribution in [1.29, 1.82) is 0 Å². The minimum absolute atomic E-state index is 0.0815. The number of aromatic nitrogens is 1. The normalized spacial score (nSPS) is 14.1. The molecule has 0 saturated heterocycles. The first-order chi connectivity index (χ1) is 11.6. The van der Waals surface area contributed by atoms with Gasteiger partial charge < -0.3 is 15.4 Å². The number of carbonyl (C=O) groups excluding carboxylic acids is 1. The summed E-state index contributed by atoms with van der Waals surface area (Å²) in [5.41, 5.74) is 2.48. The molecule has 128 valence electrons. The molecule has 0 bridgehead atoms. The Balaban J connectivity index is 1.76. The highest BCUT2D eigenvalue weighted by molar-refractivity contribution is 7.09. The summed E-state index contributed by atoms with van der Waals surface area (Å²) < 4.78 is 0. The molecule has 0 unspecified atom stereocenters. The molecule has 2 aromatic rings. The van der Waals surface area contributed by atoms with E-state index in [1.54, 1.807) is 0 Å². The van der Waals surface area contributed by atoms with Crippen molar-refractivity contribution in [2.24, 2.45) is 5.92 Å². The zero-order chi connectivity index (χ0) is 17.1. The topological polar surface area (TPSA) is 85.4 Å². The number of aromatic amines is 1. The molecule has 3 rings (SSSR count). The zero-order valence-corrected chi connectivity index (χ0v) is 14.4. The average molecular weight is 347 g/mol. The Hall–Kier alpha value is -1.96. The lowest BCUT2D eigenvalue weighted by Gasteiger charge is -2.14. The molecule has 1 amide bonds. The van der Waals surface area contributed by atoms with Crippen molar-refractivity contribution < 1.29 is 9.90 Å². The fourth-order valence-corrected chi connectivity index (χ4v) is 3.44. The van der Waals surface area contributed by atoms with Crippen molar-refractivity contribution >= 4 is 22.9 Å². The number of hydrogen-bond acceptors (Lipinski definition) is 5. The van der Waals surface area contributed by atoms with Gasteiger partial charge in [-0.3, -0.25) is 14.5 Å². The molecule has 0 radical (unpaired) electrons. The van der Waals surface area contributed by atoms with Gasteiger partial charge in [-0.2, -0.15) is 0 Å². The molecule has 1 aromatic carbocycles. The van der Waals surface area contributed by atoms with Crippen LogP contribution in [0.5, 0.6) is 0 Å². The maximum atomic E-state index is 11.8. The first-order valence-electron chi connectivity index (χ1n) is 7.99. The molecule has 1 aliphatic rings. The molecule has 24 heavy (non-hydrogen) atoms. The molecular formula is C17H21N3O3S. The summed E-state index contributed by atoms with van der Waals surface area (Å²) in [6, 6.07) is 7.51. The Morgan fingerprint density at radius 1 is 1.38 bits per heavy atom. The maximum Gasteiger partial charge on any atom is 0.305 e. The van der Waals surface area contributed by atoms with Gasteiger partial charge in [-0.05, 0) is 37.6 Å². The van der Waals surface area contributed by atoms with Crippen LogP contribution < -0.4 is 10.2 Å². The Morgan fingerprint density at radius 2 is 2.08 bits per heavy atom. The Kier molecular flexibility index (Phi) is 5.13. The smallest absolute Gasteiger partial charge is 0.305 e. The molecule has 1 saturated carbocycles. The number of anilines is 1. The van der Waals surface area contributed by atoms with Crippen LogP contribution in [0.15, 0.2) is 29.1 Å². The number of aliphatic hydroxyl groups excluding tert-OH is 1. The van der Waals surface area contributed by atoms with Crippen LogP contribution >= 0.6 is 11.3 Å². The number of benzene rings is 1. The Labute approximate surface area is 144 Å². The van der Waals surface area contributed by atoms with Crippen molar-refractivity contribution in [2.75, 3.05) is 25.5 Å². The molecule has 6 nitrogen and oxygen atoms in total. The molecule has 1 aromatic heterocycles. The second kappa shape index (κ2) is 7.29. The third-order valence-corrected chi connectivity index (χ3v) is 4.87. The minimum Gasteiger partial charge on any atom is -0.395 e. The van der Waals surface area contributed by atoms with E-state index in [0.717, 1.165) is 34.7 Å². The largest absolute Gasteiger partial charge is 0.395 e. The third-order valence-electron chi connectivity index (χ3n) is 4.01. The van der Waals surface area contributed by atoms with E-state index < -0.39 is 0 Å². The van der Waals surface area contributed by atoms with Gasteiger partial charge in [0.25, 0.3) is 0 Å². The predicted molar refractivity (Wildman–Crippen MR) is 95.1 cm³/mol. The number of nitrogens with one attached hydrogen (secondary N) is 2. The van der Waals surface area contributed by atoms with Gasteiger partial charge in [0.1, 0.15) is 0 Å². The van der Waals surface area contributed by atoms with E-state index in [1.165, 1.54) is 11.3 Å². The number of amides is 1. The SMILES string of the molecule is CN(CCO)Cc1sc(=O)[nH]c1-c1ccc(NC(=O)C2CC2)cc1. The Morgan fingerprint density at radius 3 is 2.71 bits per heavy atom. The molecule has 0 spiro atoms. The fourth-order valence-electron chi connectivity index (χ4n) is 2.51. The molecule has 0 aliphatic heterocycles. The van der Waals surface area contributed by atoms with Gasteiger partial charge in [-0.15, -0.1) is 0 Å². The van der Waals surface area contributed by atoms with Crippen LogP contribution in [-0.4, -0.2) is 41.1 Å². The summed E-state index contributed by atoms with van der Waals surface area (Å²) in [7, 11) is 1.90. The van der Waals surface area contributed by atoms with Crippen LogP contribution in [0, 0.1) is 5.92 Å². The standard InChI is InChI=1S/C17H21N3O3S/c1-20(8-9-21)10-14-15(19-17(23)24-14)11-4-6-13(7-5-11)18-16(22)12-2-3-12/h4-7,12,21H,2-3,8-10H2,1H3,(H,18,22)(H,19,23). The minimum atomic E-state index is -0.0940. The van der Waals surface area contributed by atoms with Crippen molar-refractivity contribution in [3.63, 3.8) is 0 Å². The number of rotatable bonds is 7. The first-order valence-corrected chi connectivity index (χ1v) is 8.81. The lowest BCUT2D eigenvalue weighted by atomic mass is 10.1. The molecule has 1 heterocycles. The van der Waals surface area contributed by atoms with Gasteiger partial charge in [-0.1, -0.05) is 23.5 Å². The summed E-state index contributed by atoms with van der Waals surface area (Å²) in [5.74, 6) is 0.254. The van der Waals surface area contributed by atoms with Gasteiger partial charge in [-0.25, -0.2) is 0 Å². The van der Waals surface area contributed by atoms with Gasteiger partial charge in [0.2, 0.25) is 5.91 Å². The van der Waals surface area contributed by atoms with Crippen LogP contribution in [0.2, 0.25) is 0 Å². The highest BCUT2D eigenvalue weighted by atomic mass is 32.1. The van der Waals surface area contributed by atoms with Crippen LogP contribution in [0.4, 0.5) is 5.69 Å². The van der Waals surface area contributed by atoms with Crippen LogP contribution in [0.25, 0.3) is 11.3 Å². The van der Waals surface area contributed by atoms with Crippen LogP contribution in [-0.2, 0) is 11.3 Å². The average Bonchev–Trinajstić information content (AvgIpc) is 3.33. The first kappa shape index (κ1) is 16.9. The molecule has 1 fully saturated rings. The van der Waals surface area contributed by atoms with Gasteiger partial charge in [0.05, 0.1) is 12.3 Å². The van der Waals surface area contributed by atoms with E-state index in [-0.39, 0.29) is 23.3 Å². The van der Waals surface area contributed by atoms with E-state index in [2.05, 4.69) is 10.3 Å². The number of H-pyrrole nitrogens is 1. The third kappa shape index (κ3) is 4.11. The number of aliphatic hydroxyl groups is 1. The fraction of sp³-hybridized carbons (Fsp3) is 0.412. The van der Waals surface area contributed by atoms with Crippen molar-refractivity contribution in [3.05, 3.63) is 38.8 Å². The lowest BCUT2D eigenvalue weighted by molar-refractivity contribution is -0.117. The van der Waals surface area contributed by atoms with E-state index in [0.29, 0.717) is 13.1 Å². The maximum absolute atomic E-state index is 11.8. The summed E-state index contributed by atoms with van der Waals surface area (Å²) in [4.78, 5) is 29.2. The number of thiazole rings is 1. The highest BCUT2D eigenvalue weighted by Crippen LogP contribution is 2.31. The molecule has 0 atom stereocenters. The van der Waals surface area contributed by atoms with E-state index in [1.807, 2.05) is 36.2 Å². The second-order valence-corrected chi connectivity index (χ2v) is 7.18. The quantitative estimate of drug-likeness (QED) is 0.714. The highest BCUT2D eigenvalue weighted by Gasteiger charge is 2.29. The predicted octanol–water partition coefficient (Wildman–Crippen LogP) is 1.88. The molecular weight excluding hydrogens is 326 g/mol. The van der Waals surface area contributed by atoms with Gasteiger partial charge in [0.15, 0.2) is 0 Å². The van der Waals surface area contributed by atoms with Gasteiger partial charge >= 0.3 is 4.87 Å². The Bertz CT molecular complexity index is 762. The van der Waals surface area contributed by atoms with E-state index >= 15 is 0 Å². The molecule has 7 heteroatoms. The summed E-state index contributed by atoms with van der Waals surface area (Å²) in [6.07, 6.45) is 1.95. The monoisotopic (exact) mass is 347 g/mol. The van der Waals surface area contributed by atoms with E-state index in [4.69, 9.17) is 5.11 Å². The number of nitrogens with zero attached hydrogens (tertiary/aromatic N) is 1. The van der Waals surface area contributed by atoms with Crippen molar-refractivity contribution in [3.8, 4) is 11.3 Å². The number of likely N-dealkylation sites (N-methyl/N-ethyl adjacent to an activating group) is 1. The molecule has 3 N–H and O–H groups in total. The van der Waals surface area contributed by atoms with E-state index in [9.17, 15) is 9.59 Å². The number of hydrogen-bond donors (Lipinski definition) is 3. The van der Waals surface area contributed by atoms with Crippen molar-refractivity contribution in [1.82, 2.24) is 9.88 Å². The van der Waals surface area contributed by atoms with Gasteiger partial charge in [0, 0.05) is 29.6 Å². The zero-order valence-electron chi connectivity index (χ0n) is 13.5.